The molecule has 2 aliphatic carbocycles. The Hall–Kier alpha value is -1.53. The second-order valence-corrected chi connectivity index (χ2v) is 20.8. The minimum absolute atomic E-state index is 0.0412. The van der Waals surface area contributed by atoms with Crippen molar-refractivity contribution in [3.8, 4) is 0 Å². The maximum atomic E-state index is 10.6. The van der Waals surface area contributed by atoms with Gasteiger partial charge in [0.25, 0.3) is 0 Å². The molecule has 2 aromatic rings. The Balaban J connectivity index is 1.75. The highest BCUT2D eigenvalue weighted by molar-refractivity contribution is 6.74. The van der Waals surface area contributed by atoms with E-state index in [1.54, 1.807) is 0 Å². The number of benzene rings is 1. The lowest BCUT2D eigenvalue weighted by Gasteiger charge is -2.45. The van der Waals surface area contributed by atoms with E-state index in [0.717, 1.165) is 36.8 Å². The summed E-state index contributed by atoms with van der Waals surface area (Å²) >= 11 is 0. The predicted octanol–water partition coefficient (Wildman–Crippen LogP) is 9.36. The Morgan fingerprint density at radius 1 is 1.00 bits per heavy atom. The van der Waals surface area contributed by atoms with Crippen molar-refractivity contribution in [2.75, 3.05) is 0 Å². The zero-order valence-corrected chi connectivity index (χ0v) is 28.0. The second-order valence-electron chi connectivity index (χ2n) is 16.1. The third-order valence-electron chi connectivity index (χ3n) is 10.3. The average Bonchev–Trinajstić information content (AvgIpc) is 3.41. The van der Waals surface area contributed by atoms with E-state index in [-0.39, 0.29) is 28.3 Å². The summed E-state index contributed by atoms with van der Waals surface area (Å²) in [6.45, 7) is 24.8. The SMILES string of the molecule is CC(C)c1nc2c(c3c1[C@@H](c1ccc(C(C)(C)O)cc1)OC31CCCC1)[C@@H](O[Si](C)(C)C(C)(C)C)CC(C)(C)C2. The Morgan fingerprint density at radius 2 is 1.60 bits per heavy atom. The molecule has 3 aliphatic rings. The fraction of sp³-hybridized carbons (Fsp3) is 0.686. The van der Waals surface area contributed by atoms with Crippen molar-refractivity contribution < 1.29 is 14.3 Å². The van der Waals surface area contributed by atoms with E-state index >= 15 is 0 Å². The Bertz CT molecular complexity index is 1260. The van der Waals surface area contributed by atoms with Crippen LogP contribution in [0.5, 0.6) is 0 Å². The molecule has 4 nitrogen and oxygen atoms in total. The molecule has 0 amide bonds. The molecule has 2 heterocycles. The van der Waals surface area contributed by atoms with Gasteiger partial charge in [0.2, 0.25) is 0 Å². The van der Waals surface area contributed by atoms with Gasteiger partial charge < -0.3 is 14.3 Å². The zero-order chi connectivity index (χ0) is 29.5. The first-order valence-electron chi connectivity index (χ1n) is 15.6. The minimum Gasteiger partial charge on any atom is -0.410 e. The van der Waals surface area contributed by atoms with E-state index in [1.807, 2.05) is 13.8 Å². The van der Waals surface area contributed by atoms with Crippen LogP contribution in [-0.4, -0.2) is 18.4 Å². The van der Waals surface area contributed by atoms with Crippen LogP contribution in [0, 0.1) is 5.41 Å². The van der Waals surface area contributed by atoms with Crippen molar-refractivity contribution in [3.05, 3.63) is 63.5 Å². The molecule has 5 heteroatoms. The highest BCUT2D eigenvalue weighted by atomic mass is 28.4. The zero-order valence-electron chi connectivity index (χ0n) is 27.0. The molecule has 0 bridgehead atoms. The first-order chi connectivity index (χ1) is 18.4. The molecule has 220 valence electrons. The van der Waals surface area contributed by atoms with Crippen LogP contribution in [0.2, 0.25) is 18.1 Å². The van der Waals surface area contributed by atoms with Crippen molar-refractivity contribution in [2.24, 2.45) is 5.41 Å². The summed E-state index contributed by atoms with van der Waals surface area (Å²) in [5.41, 5.74) is 7.58. The summed E-state index contributed by atoms with van der Waals surface area (Å²) in [5, 5.41) is 10.7. The Labute approximate surface area is 244 Å². The third kappa shape index (κ3) is 5.14. The van der Waals surface area contributed by atoms with Gasteiger partial charge in [0.05, 0.1) is 17.3 Å². The smallest absolute Gasteiger partial charge is 0.192 e. The van der Waals surface area contributed by atoms with Gasteiger partial charge in [-0.25, -0.2) is 0 Å². The van der Waals surface area contributed by atoms with E-state index in [1.165, 1.54) is 40.9 Å². The molecule has 5 rings (SSSR count). The van der Waals surface area contributed by atoms with Gasteiger partial charge in [-0.3, -0.25) is 4.98 Å². The van der Waals surface area contributed by atoms with Crippen LogP contribution in [0.25, 0.3) is 0 Å². The van der Waals surface area contributed by atoms with Crippen molar-refractivity contribution in [1.82, 2.24) is 4.98 Å². The van der Waals surface area contributed by atoms with E-state index in [0.29, 0.717) is 5.92 Å². The van der Waals surface area contributed by atoms with Gasteiger partial charge in [0, 0.05) is 22.5 Å². The number of pyridine rings is 1. The fourth-order valence-electron chi connectivity index (χ4n) is 7.08. The van der Waals surface area contributed by atoms with Crippen LogP contribution < -0.4 is 0 Å². The number of rotatable bonds is 5. The van der Waals surface area contributed by atoms with E-state index < -0.39 is 13.9 Å². The van der Waals surface area contributed by atoms with Crippen LogP contribution in [0.15, 0.2) is 24.3 Å². The normalized spacial score (nSPS) is 24.0. The maximum Gasteiger partial charge on any atom is 0.192 e. The lowest BCUT2D eigenvalue weighted by molar-refractivity contribution is -0.0579. The van der Waals surface area contributed by atoms with Crippen LogP contribution in [0.3, 0.4) is 0 Å². The number of hydrogen-bond donors (Lipinski definition) is 1. The first-order valence-corrected chi connectivity index (χ1v) is 18.5. The molecule has 2 atom stereocenters. The number of ether oxygens (including phenoxy) is 1. The number of fused-ring (bicyclic) bond motifs is 4. The number of hydrogen-bond acceptors (Lipinski definition) is 4. The lowest BCUT2D eigenvalue weighted by atomic mass is 9.70. The molecule has 0 radical (unpaired) electrons. The standard InChI is InChI=1S/C35H53NO3Si/c1-22(2)30-28-29(27-25(36-30)20-33(6,7)21-26(27)39-40(10,11)32(3,4)5)35(18-12-13-19-35)38-31(28)23-14-16-24(17-15-23)34(8,9)37/h14-17,22,26,31,37H,12-13,18-21H2,1-11H3/t26-,31+/m0/s1. The Kier molecular flexibility index (Phi) is 7.30. The van der Waals surface area contributed by atoms with Crippen LogP contribution in [-0.2, 0) is 26.8 Å². The van der Waals surface area contributed by atoms with Crippen molar-refractivity contribution >= 4 is 8.32 Å². The number of aromatic nitrogens is 1. The lowest BCUT2D eigenvalue weighted by Crippen LogP contribution is -2.44. The number of nitrogens with zero attached hydrogens (tertiary/aromatic N) is 1. The van der Waals surface area contributed by atoms with Gasteiger partial charge in [-0.2, -0.15) is 0 Å². The average molecular weight is 564 g/mol. The summed E-state index contributed by atoms with van der Waals surface area (Å²) < 4.78 is 14.6. The van der Waals surface area contributed by atoms with Crippen LogP contribution in [0.1, 0.15) is 152 Å². The number of aliphatic hydroxyl groups is 1. The van der Waals surface area contributed by atoms with Crippen molar-refractivity contribution in [2.45, 2.75) is 148 Å². The van der Waals surface area contributed by atoms with Crippen molar-refractivity contribution in [3.63, 3.8) is 0 Å². The van der Waals surface area contributed by atoms with Gasteiger partial charge in [-0.15, -0.1) is 0 Å². The fourth-order valence-corrected chi connectivity index (χ4v) is 8.35. The van der Waals surface area contributed by atoms with E-state index in [9.17, 15) is 5.11 Å². The molecule has 1 spiro atoms. The summed E-state index contributed by atoms with van der Waals surface area (Å²) in [6, 6.07) is 8.44. The summed E-state index contributed by atoms with van der Waals surface area (Å²) in [6.07, 6.45) is 6.39. The van der Waals surface area contributed by atoms with E-state index in [2.05, 4.69) is 85.8 Å². The quantitative estimate of drug-likeness (QED) is 0.368. The monoisotopic (exact) mass is 563 g/mol. The molecule has 1 aromatic carbocycles. The molecule has 0 unspecified atom stereocenters. The minimum atomic E-state index is -2.04. The van der Waals surface area contributed by atoms with Crippen LogP contribution in [0.4, 0.5) is 0 Å². The predicted molar refractivity (Wildman–Crippen MR) is 166 cm³/mol. The molecular weight excluding hydrogens is 510 g/mol. The molecule has 0 saturated heterocycles. The highest BCUT2D eigenvalue weighted by Gasteiger charge is 2.54. The molecule has 1 fully saturated rings. The second kappa shape index (κ2) is 9.76. The summed E-state index contributed by atoms with van der Waals surface area (Å²) in [7, 11) is -2.04. The van der Waals surface area contributed by atoms with E-state index in [4.69, 9.17) is 14.1 Å². The van der Waals surface area contributed by atoms with Gasteiger partial charge in [0.1, 0.15) is 6.10 Å². The molecule has 1 aromatic heterocycles. The summed E-state index contributed by atoms with van der Waals surface area (Å²) in [5.74, 6) is 0.294. The molecule has 1 N–H and O–H groups in total. The maximum absolute atomic E-state index is 10.6. The topological polar surface area (TPSA) is 51.6 Å². The van der Waals surface area contributed by atoms with Gasteiger partial charge in [-0.05, 0) is 85.7 Å². The first kappa shape index (κ1) is 29.9. The Morgan fingerprint density at radius 3 is 2.12 bits per heavy atom. The third-order valence-corrected chi connectivity index (χ3v) is 14.8. The van der Waals surface area contributed by atoms with Crippen molar-refractivity contribution in [1.29, 1.82) is 0 Å². The molecule has 1 saturated carbocycles. The molecule has 40 heavy (non-hydrogen) atoms. The molecular formula is C35H53NO3Si. The molecule has 1 aliphatic heterocycles. The largest absolute Gasteiger partial charge is 0.410 e. The van der Waals surface area contributed by atoms with Gasteiger partial charge >= 0.3 is 0 Å². The van der Waals surface area contributed by atoms with Crippen LogP contribution >= 0.6 is 0 Å². The summed E-state index contributed by atoms with van der Waals surface area (Å²) in [4.78, 5) is 5.53. The highest BCUT2D eigenvalue weighted by Crippen LogP contribution is 2.60. The van der Waals surface area contributed by atoms with Gasteiger partial charge in [0.15, 0.2) is 8.32 Å². The van der Waals surface area contributed by atoms with Gasteiger partial charge in [-0.1, -0.05) is 85.6 Å².